The summed E-state index contributed by atoms with van der Waals surface area (Å²) in [6.07, 6.45) is 4.61. The highest BCUT2D eigenvalue weighted by molar-refractivity contribution is 5.73. The molecule has 4 unspecified atom stereocenters. The summed E-state index contributed by atoms with van der Waals surface area (Å²) in [4.78, 5) is 11.5. The summed E-state index contributed by atoms with van der Waals surface area (Å²) in [6, 6.07) is 0.634. The molecule has 2 aliphatic carbocycles. The van der Waals surface area contributed by atoms with Crippen LogP contribution in [0.25, 0.3) is 0 Å². The first-order chi connectivity index (χ1) is 6.77. The van der Waals surface area contributed by atoms with E-state index in [1.54, 1.807) is 0 Å². The molecule has 0 spiro atoms. The number of nitrogens with one attached hydrogen (secondary N) is 1. The highest BCUT2D eigenvalue weighted by Crippen LogP contribution is 2.48. The van der Waals surface area contributed by atoms with Crippen molar-refractivity contribution >= 4 is 5.97 Å². The first-order valence-corrected chi connectivity index (χ1v) is 5.53. The fraction of sp³-hybridized carbons (Fsp3) is 0.909. The van der Waals surface area contributed by atoms with E-state index in [1.165, 1.54) is 20.0 Å². The van der Waals surface area contributed by atoms with E-state index < -0.39 is 0 Å². The lowest BCUT2D eigenvalue weighted by Crippen LogP contribution is -2.51. The van der Waals surface area contributed by atoms with Gasteiger partial charge in [0.2, 0.25) is 0 Å². The molecule has 0 heterocycles. The Morgan fingerprint density at radius 2 is 1.93 bits per heavy atom. The van der Waals surface area contributed by atoms with Crippen LogP contribution in [0.15, 0.2) is 0 Å². The second-order valence-corrected chi connectivity index (χ2v) is 4.51. The molecule has 0 aliphatic heterocycles. The molecule has 0 aromatic heterocycles. The highest BCUT2D eigenvalue weighted by atomic mass is 16.5. The molecule has 14 heavy (non-hydrogen) atoms. The van der Waals surface area contributed by atoms with Crippen molar-refractivity contribution in [2.45, 2.75) is 31.7 Å². The van der Waals surface area contributed by atoms with Crippen molar-refractivity contribution in [3.05, 3.63) is 0 Å². The van der Waals surface area contributed by atoms with Crippen LogP contribution in [-0.2, 0) is 9.53 Å². The Balaban J connectivity index is 2.01. The summed E-state index contributed by atoms with van der Waals surface area (Å²) in [5.74, 6) is 1.50. The van der Waals surface area contributed by atoms with Crippen molar-refractivity contribution in [3.8, 4) is 0 Å². The molecule has 0 bridgehead atoms. The van der Waals surface area contributed by atoms with E-state index in [9.17, 15) is 4.79 Å². The maximum absolute atomic E-state index is 11.5. The van der Waals surface area contributed by atoms with Crippen LogP contribution in [0.4, 0.5) is 0 Å². The fourth-order valence-corrected chi connectivity index (χ4v) is 3.14. The van der Waals surface area contributed by atoms with Crippen LogP contribution in [0.1, 0.15) is 25.7 Å². The molecule has 2 rings (SSSR count). The van der Waals surface area contributed by atoms with Gasteiger partial charge in [0.25, 0.3) is 0 Å². The SMILES string of the molecule is CNC1CCC(C(=O)OC)C2CCC12. The van der Waals surface area contributed by atoms with Crippen LogP contribution >= 0.6 is 0 Å². The van der Waals surface area contributed by atoms with Crippen molar-refractivity contribution in [1.29, 1.82) is 0 Å². The molecule has 0 saturated heterocycles. The molecule has 2 saturated carbocycles. The second-order valence-electron chi connectivity index (χ2n) is 4.51. The van der Waals surface area contributed by atoms with Gasteiger partial charge >= 0.3 is 5.97 Å². The zero-order chi connectivity index (χ0) is 10.1. The van der Waals surface area contributed by atoms with E-state index in [2.05, 4.69) is 5.32 Å². The average Bonchev–Trinajstić information content (AvgIpc) is 2.17. The lowest BCUT2D eigenvalue weighted by molar-refractivity contribution is -0.153. The average molecular weight is 197 g/mol. The summed E-state index contributed by atoms with van der Waals surface area (Å²) in [7, 11) is 3.53. The first-order valence-electron chi connectivity index (χ1n) is 5.53. The Kier molecular flexibility index (Phi) is 2.77. The number of carbonyl (C=O) groups excluding carboxylic acids is 1. The van der Waals surface area contributed by atoms with Gasteiger partial charge in [0.05, 0.1) is 13.0 Å². The van der Waals surface area contributed by atoms with Gasteiger partial charge in [-0.15, -0.1) is 0 Å². The van der Waals surface area contributed by atoms with E-state index in [0.717, 1.165) is 18.8 Å². The number of methoxy groups -OCH3 is 1. The normalized spacial score (nSPS) is 41.0. The topological polar surface area (TPSA) is 38.3 Å². The smallest absolute Gasteiger partial charge is 0.308 e. The van der Waals surface area contributed by atoms with Crippen LogP contribution in [-0.4, -0.2) is 26.2 Å². The van der Waals surface area contributed by atoms with Crippen LogP contribution in [0, 0.1) is 17.8 Å². The number of rotatable bonds is 2. The standard InChI is InChI=1S/C11H19NO2/c1-12-10-6-5-9(11(13)14-2)7-3-4-8(7)10/h7-10,12H,3-6H2,1-2H3. The molecule has 2 fully saturated rings. The van der Waals surface area contributed by atoms with Gasteiger partial charge in [-0.25, -0.2) is 0 Å². The number of esters is 1. The third kappa shape index (κ3) is 1.44. The second kappa shape index (κ2) is 3.89. The van der Waals surface area contributed by atoms with Gasteiger partial charge < -0.3 is 10.1 Å². The Hall–Kier alpha value is -0.570. The van der Waals surface area contributed by atoms with Gasteiger partial charge in [-0.2, -0.15) is 0 Å². The molecule has 0 aromatic rings. The molecule has 0 aromatic carbocycles. The molecule has 1 N–H and O–H groups in total. The first kappa shape index (κ1) is 9.97. The third-order valence-corrected chi connectivity index (χ3v) is 4.08. The minimum absolute atomic E-state index is 0.00857. The monoisotopic (exact) mass is 197 g/mol. The predicted molar refractivity (Wildman–Crippen MR) is 53.8 cm³/mol. The lowest BCUT2D eigenvalue weighted by atomic mass is 9.58. The number of fused-ring (bicyclic) bond motifs is 1. The molecule has 3 nitrogen and oxygen atoms in total. The molecule has 0 radical (unpaired) electrons. The van der Waals surface area contributed by atoms with E-state index in [0.29, 0.717) is 12.0 Å². The molecule has 4 atom stereocenters. The number of hydrogen-bond donors (Lipinski definition) is 1. The van der Waals surface area contributed by atoms with Gasteiger partial charge in [0, 0.05) is 6.04 Å². The molecule has 80 valence electrons. The van der Waals surface area contributed by atoms with Gasteiger partial charge in [-0.1, -0.05) is 0 Å². The molecular formula is C11H19NO2. The summed E-state index contributed by atoms with van der Waals surface area (Å²) in [5, 5.41) is 3.36. The summed E-state index contributed by atoms with van der Waals surface area (Å²) >= 11 is 0. The number of ether oxygens (including phenoxy) is 1. The summed E-state index contributed by atoms with van der Waals surface area (Å²) < 4.78 is 4.85. The minimum atomic E-state index is 0.00857. The number of carbonyl (C=O) groups is 1. The third-order valence-electron chi connectivity index (χ3n) is 4.08. The zero-order valence-corrected chi connectivity index (χ0v) is 8.95. The molecular weight excluding hydrogens is 178 g/mol. The van der Waals surface area contributed by atoms with Crippen LogP contribution in [0.3, 0.4) is 0 Å². The zero-order valence-electron chi connectivity index (χ0n) is 8.95. The van der Waals surface area contributed by atoms with E-state index in [1.807, 2.05) is 7.05 Å². The Bertz CT molecular complexity index is 229. The lowest BCUT2D eigenvalue weighted by Gasteiger charge is -2.49. The summed E-state index contributed by atoms with van der Waals surface area (Å²) in [5.41, 5.74) is 0. The van der Waals surface area contributed by atoms with Crippen LogP contribution in [0.2, 0.25) is 0 Å². The van der Waals surface area contributed by atoms with Gasteiger partial charge in [0.1, 0.15) is 0 Å². The van der Waals surface area contributed by atoms with Crippen molar-refractivity contribution < 1.29 is 9.53 Å². The summed E-state index contributed by atoms with van der Waals surface area (Å²) in [6.45, 7) is 0. The van der Waals surface area contributed by atoms with Crippen LogP contribution in [0.5, 0.6) is 0 Å². The van der Waals surface area contributed by atoms with Crippen molar-refractivity contribution in [2.75, 3.05) is 14.2 Å². The number of hydrogen-bond acceptors (Lipinski definition) is 3. The molecule has 3 heteroatoms. The molecule has 0 amide bonds. The minimum Gasteiger partial charge on any atom is -0.469 e. The predicted octanol–water partition coefficient (Wildman–Crippen LogP) is 1.18. The van der Waals surface area contributed by atoms with Gasteiger partial charge in [0.15, 0.2) is 0 Å². The largest absolute Gasteiger partial charge is 0.469 e. The highest BCUT2D eigenvalue weighted by Gasteiger charge is 2.47. The van der Waals surface area contributed by atoms with Crippen LogP contribution < -0.4 is 5.32 Å². The maximum Gasteiger partial charge on any atom is 0.308 e. The van der Waals surface area contributed by atoms with Crippen molar-refractivity contribution in [1.82, 2.24) is 5.32 Å². The Morgan fingerprint density at radius 1 is 1.21 bits per heavy atom. The Labute approximate surface area is 85.2 Å². The molecule has 2 aliphatic rings. The quantitative estimate of drug-likeness (QED) is 0.676. The van der Waals surface area contributed by atoms with Gasteiger partial charge in [-0.3, -0.25) is 4.79 Å². The van der Waals surface area contributed by atoms with Gasteiger partial charge in [-0.05, 0) is 44.6 Å². The van der Waals surface area contributed by atoms with E-state index in [-0.39, 0.29) is 11.9 Å². The van der Waals surface area contributed by atoms with Crippen molar-refractivity contribution in [2.24, 2.45) is 17.8 Å². The maximum atomic E-state index is 11.5. The Morgan fingerprint density at radius 3 is 2.43 bits per heavy atom. The van der Waals surface area contributed by atoms with Crippen molar-refractivity contribution in [3.63, 3.8) is 0 Å². The van der Waals surface area contributed by atoms with E-state index >= 15 is 0 Å². The fourth-order valence-electron chi connectivity index (χ4n) is 3.14. The van der Waals surface area contributed by atoms with E-state index in [4.69, 9.17) is 4.74 Å².